The lowest BCUT2D eigenvalue weighted by molar-refractivity contribution is 0.0694. The first-order valence-electron chi connectivity index (χ1n) is 9.69. The summed E-state index contributed by atoms with van der Waals surface area (Å²) >= 11 is 0. The zero-order chi connectivity index (χ0) is 23.7. The van der Waals surface area contributed by atoms with Gasteiger partial charge in [-0.25, -0.2) is 18.0 Å². The molecule has 0 aliphatic heterocycles. The van der Waals surface area contributed by atoms with E-state index in [0.29, 0.717) is 12.1 Å². The molecule has 0 bridgehead atoms. The monoisotopic (exact) mass is 450 g/mol. The molecule has 2 aromatic heterocycles. The van der Waals surface area contributed by atoms with E-state index in [1.165, 1.54) is 17.7 Å². The first-order chi connectivity index (χ1) is 15.1. The number of halogens is 3. The molecule has 1 atom stereocenters. The molecule has 0 spiro atoms. The number of methoxy groups -OCH3 is 1. The number of aromatic carboxylic acids is 1. The number of carboxylic acid groups (broad SMARTS) is 1. The molecular weight excluding hydrogens is 429 g/mol. The van der Waals surface area contributed by atoms with Gasteiger partial charge in [0.05, 0.1) is 25.1 Å². The summed E-state index contributed by atoms with van der Waals surface area (Å²) in [6, 6.07) is 1.71. The van der Waals surface area contributed by atoms with Crippen LogP contribution in [-0.4, -0.2) is 39.5 Å². The summed E-state index contributed by atoms with van der Waals surface area (Å²) in [5.41, 5.74) is -1.71. The standard InChI is InChI=1S/C22H21F3N2O5/c1-10(2)18(9-28)27-8-15(22(30)31)19(29)14-5-11(21(32-3)26-20(14)27)4-13-16(24)6-12(23)7-17(13)25/h5-8,10,18,28H,4,9H2,1-3H3,(H,30,31)/t18-/m1/s1. The van der Waals surface area contributed by atoms with Crippen LogP contribution >= 0.6 is 0 Å². The first-order valence-corrected chi connectivity index (χ1v) is 9.69. The van der Waals surface area contributed by atoms with Crippen molar-refractivity contribution in [2.45, 2.75) is 26.3 Å². The Morgan fingerprint density at radius 3 is 2.31 bits per heavy atom. The fourth-order valence-corrected chi connectivity index (χ4v) is 3.56. The predicted octanol–water partition coefficient (Wildman–Crippen LogP) is 3.30. The average molecular weight is 450 g/mol. The van der Waals surface area contributed by atoms with Gasteiger partial charge in [0, 0.05) is 35.9 Å². The Morgan fingerprint density at radius 2 is 1.81 bits per heavy atom. The van der Waals surface area contributed by atoms with E-state index < -0.39 is 52.4 Å². The number of carbonyl (C=O) groups is 1. The third kappa shape index (κ3) is 4.18. The maximum Gasteiger partial charge on any atom is 0.341 e. The lowest BCUT2D eigenvalue weighted by Crippen LogP contribution is -2.26. The second-order valence-electron chi connectivity index (χ2n) is 7.63. The SMILES string of the molecule is COc1nc2c(cc1Cc1c(F)cc(F)cc1F)c(=O)c(C(=O)O)cn2[C@H](CO)C(C)C. The van der Waals surface area contributed by atoms with Gasteiger partial charge in [-0.2, -0.15) is 4.98 Å². The average Bonchev–Trinajstić information content (AvgIpc) is 2.71. The summed E-state index contributed by atoms with van der Waals surface area (Å²) in [4.78, 5) is 28.8. The Morgan fingerprint density at radius 1 is 1.19 bits per heavy atom. The molecule has 0 aliphatic rings. The van der Waals surface area contributed by atoms with Crippen LogP contribution in [0.1, 0.15) is 41.4 Å². The second-order valence-corrected chi connectivity index (χ2v) is 7.63. The number of hydrogen-bond donors (Lipinski definition) is 2. The van der Waals surface area contributed by atoms with Crippen LogP contribution in [0.15, 0.2) is 29.2 Å². The van der Waals surface area contributed by atoms with Crippen LogP contribution in [0.4, 0.5) is 13.2 Å². The van der Waals surface area contributed by atoms with Crippen molar-refractivity contribution in [2.75, 3.05) is 13.7 Å². The Kier molecular flexibility index (Phi) is 6.54. The molecule has 1 aromatic carbocycles. The Labute approximate surface area is 180 Å². The van der Waals surface area contributed by atoms with Gasteiger partial charge < -0.3 is 19.5 Å². The maximum absolute atomic E-state index is 14.2. The minimum Gasteiger partial charge on any atom is -0.481 e. The van der Waals surface area contributed by atoms with Crippen LogP contribution in [0.3, 0.4) is 0 Å². The number of aliphatic hydroxyl groups excluding tert-OH is 1. The first kappa shape index (κ1) is 23.3. The van der Waals surface area contributed by atoms with E-state index in [-0.39, 0.29) is 35.0 Å². The van der Waals surface area contributed by atoms with Crippen molar-refractivity contribution < 1.29 is 32.9 Å². The molecule has 7 nitrogen and oxygen atoms in total. The molecule has 0 fully saturated rings. The highest BCUT2D eigenvalue weighted by molar-refractivity contribution is 5.92. The molecule has 2 N–H and O–H groups in total. The van der Waals surface area contributed by atoms with Crippen molar-refractivity contribution in [3.63, 3.8) is 0 Å². The molecule has 0 amide bonds. The van der Waals surface area contributed by atoms with Crippen molar-refractivity contribution in [3.8, 4) is 5.88 Å². The van der Waals surface area contributed by atoms with E-state index in [9.17, 15) is 33.0 Å². The molecule has 10 heteroatoms. The largest absolute Gasteiger partial charge is 0.481 e. The number of rotatable bonds is 7. The Bertz CT molecular complexity index is 1230. The fourth-order valence-electron chi connectivity index (χ4n) is 3.56. The minimum absolute atomic E-state index is 0.0494. The lowest BCUT2D eigenvalue weighted by Gasteiger charge is -2.24. The summed E-state index contributed by atoms with van der Waals surface area (Å²) in [5, 5.41) is 19.2. The van der Waals surface area contributed by atoms with E-state index in [0.717, 1.165) is 6.20 Å². The highest BCUT2D eigenvalue weighted by Gasteiger charge is 2.24. The predicted molar refractivity (Wildman–Crippen MR) is 110 cm³/mol. The van der Waals surface area contributed by atoms with Crippen LogP contribution in [0.5, 0.6) is 5.88 Å². The maximum atomic E-state index is 14.2. The summed E-state index contributed by atoms with van der Waals surface area (Å²) in [6.07, 6.45) is 0.688. The molecule has 0 radical (unpaired) electrons. The molecular formula is C22H21F3N2O5. The number of aromatic nitrogens is 2. The van der Waals surface area contributed by atoms with Crippen molar-refractivity contribution in [1.29, 1.82) is 0 Å². The van der Waals surface area contributed by atoms with Crippen LogP contribution in [0.2, 0.25) is 0 Å². The number of benzene rings is 1. The molecule has 0 aliphatic carbocycles. The van der Waals surface area contributed by atoms with Gasteiger partial charge in [0.1, 0.15) is 28.7 Å². The number of aliphatic hydroxyl groups is 1. The van der Waals surface area contributed by atoms with E-state index >= 15 is 0 Å². The van der Waals surface area contributed by atoms with Crippen LogP contribution < -0.4 is 10.2 Å². The van der Waals surface area contributed by atoms with Gasteiger partial charge in [0.25, 0.3) is 0 Å². The zero-order valence-electron chi connectivity index (χ0n) is 17.5. The van der Waals surface area contributed by atoms with Gasteiger partial charge in [0.2, 0.25) is 11.3 Å². The molecule has 3 aromatic rings. The van der Waals surface area contributed by atoms with Crippen LogP contribution in [0, 0.1) is 23.4 Å². The quantitative estimate of drug-likeness (QED) is 0.573. The number of pyridine rings is 2. The van der Waals surface area contributed by atoms with Gasteiger partial charge in [-0.15, -0.1) is 0 Å². The fraction of sp³-hybridized carbons (Fsp3) is 0.318. The van der Waals surface area contributed by atoms with Crippen molar-refractivity contribution >= 4 is 17.0 Å². The van der Waals surface area contributed by atoms with Crippen molar-refractivity contribution in [2.24, 2.45) is 5.92 Å². The third-order valence-corrected chi connectivity index (χ3v) is 5.25. The normalized spacial score (nSPS) is 12.4. The van der Waals surface area contributed by atoms with E-state index in [4.69, 9.17) is 4.74 Å². The number of carboxylic acids is 1. The summed E-state index contributed by atoms with van der Waals surface area (Å²) < 4.78 is 48.3. The van der Waals surface area contributed by atoms with Crippen molar-refractivity contribution in [1.82, 2.24) is 9.55 Å². The number of ether oxygens (including phenoxy) is 1. The number of fused-ring (bicyclic) bond motifs is 1. The van der Waals surface area contributed by atoms with Gasteiger partial charge >= 0.3 is 5.97 Å². The molecule has 0 unspecified atom stereocenters. The molecule has 32 heavy (non-hydrogen) atoms. The van der Waals surface area contributed by atoms with E-state index in [1.807, 2.05) is 0 Å². The van der Waals surface area contributed by atoms with E-state index in [1.54, 1.807) is 13.8 Å². The molecule has 2 heterocycles. The van der Waals surface area contributed by atoms with Crippen LogP contribution in [0.25, 0.3) is 11.0 Å². The molecule has 0 saturated heterocycles. The Hall–Kier alpha value is -3.40. The second kappa shape index (κ2) is 8.99. The third-order valence-electron chi connectivity index (χ3n) is 5.25. The topological polar surface area (TPSA) is 102 Å². The molecule has 3 rings (SSSR count). The summed E-state index contributed by atoms with van der Waals surface area (Å²) in [5.74, 6) is -5.01. The van der Waals surface area contributed by atoms with Gasteiger partial charge in [-0.3, -0.25) is 4.79 Å². The van der Waals surface area contributed by atoms with Gasteiger partial charge in [0.15, 0.2) is 0 Å². The molecule has 0 saturated carbocycles. The minimum atomic E-state index is -1.47. The Balaban J connectivity index is 2.33. The van der Waals surface area contributed by atoms with Gasteiger partial charge in [-0.1, -0.05) is 13.8 Å². The number of nitrogens with zero attached hydrogens (tertiary/aromatic N) is 2. The zero-order valence-corrected chi connectivity index (χ0v) is 17.5. The summed E-state index contributed by atoms with van der Waals surface area (Å²) in [7, 11) is 1.27. The lowest BCUT2D eigenvalue weighted by atomic mass is 10.0. The van der Waals surface area contributed by atoms with Crippen LogP contribution in [-0.2, 0) is 6.42 Å². The molecule has 170 valence electrons. The summed E-state index contributed by atoms with van der Waals surface area (Å²) in [6.45, 7) is 3.25. The highest BCUT2D eigenvalue weighted by Crippen LogP contribution is 2.29. The van der Waals surface area contributed by atoms with Crippen molar-refractivity contribution in [3.05, 3.63) is 68.8 Å². The smallest absolute Gasteiger partial charge is 0.341 e. The number of hydrogen-bond acceptors (Lipinski definition) is 5. The van der Waals surface area contributed by atoms with Gasteiger partial charge in [-0.05, 0) is 12.0 Å². The highest BCUT2D eigenvalue weighted by atomic mass is 19.1. The van der Waals surface area contributed by atoms with E-state index in [2.05, 4.69) is 4.98 Å².